The van der Waals surface area contributed by atoms with Crippen molar-refractivity contribution in [1.29, 1.82) is 0 Å². The maximum Gasteiger partial charge on any atom is 0.186 e. The Balaban J connectivity index is 1.41. The number of aliphatic hydroxyl groups is 1. The molecule has 0 aliphatic heterocycles. The van der Waals surface area contributed by atoms with E-state index >= 15 is 0 Å². The van der Waals surface area contributed by atoms with Gasteiger partial charge in [-0.25, -0.2) is 4.99 Å². The van der Waals surface area contributed by atoms with Crippen LogP contribution in [0.2, 0.25) is 0 Å². The normalized spacial score (nSPS) is 28.1. The van der Waals surface area contributed by atoms with Crippen LogP contribution in [-0.4, -0.2) is 54.4 Å². The second-order valence-corrected chi connectivity index (χ2v) is 18.5. The topological polar surface area (TPSA) is 140 Å². The quantitative estimate of drug-likeness (QED) is 0.0735. The van der Waals surface area contributed by atoms with E-state index in [2.05, 4.69) is 60.9 Å². The minimum absolute atomic E-state index is 0.0176. The van der Waals surface area contributed by atoms with E-state index in [0.717, 1.165) is 92.9 Å². The number of ether oxygens (including phenoxy) is 2. The van der Waals surface area contributed by atoms with Crippen molar-refractivity contribution < 1.29 is 24.5 Å². The Kier molecular flexibility index (Phi) is 12.6. The zero-order chi connectivity index (χ0) is 42.0. The van der Waals surface area contributed by atoms with E-state index < -0.39 is 5.41 Å². The van der Waals surface area contributed by atoms with Crippen LogP contribution in [0.1, 0.15) is 125 Å². The number of nitrogens with zero attached hydrogens (tertiary/aromatic N) is 1. The van der Waals surface area contributed by atoms with Crippen molar-refractivity contribution in [2.45, 2.75) is 128 Å². The van der Waals surface area contributed by atoms with Gasteiger partial charge in [0.2, 0.25) is 0 Å². The smallest absolute Gasteiger partial charge is 0.186 e. The lowest BCUT2D eigenvalue weighted by Gasteiger charge is -2.49. The van der Waals surface area contributed by atoms with Gasteiger partial charge in [-0.2, -0.15) is 0 Å². The third-order valence-electron chi connectivity index (χ3n) is 14.4. The average molecular weight is 810 g/mol. The maximum absolute atomic E-state index is 13.6. The van der Waals surface area contributed by atoms with Gasteiger partial charge in [0.15, 0.2) is 23.2 Å². The van der Waals surface area contributed by atoms with Gasteiger partial charge < -0.3 is 31.2 Å². The molecule has 2 aromatic carbocycles. The molecule has 316 valence electrons. The number of nitrogens with two attached hydrogens (primary N) is 2. The van der Waals surface area contributed by atoms with Gasteiger partial charge >= 0.3 is 0 Å². The van der Waals surface area contributed by atoms with Crippen LogP contribution >= 0.6 is 0 Å². The van der Waals surface area contributed by atoms with Gasteiger partial charge in [0.25, 0.3) is 0 Å². The molecule has 8 aliphatic carbocycles. The molecule has 4 bridgehead atoms. The molecule has 2 fully saturated rings. The maximum atomic E-state index is 13.6. The molecule has 6 N–H and O–H groups in total. The molecule has 0 aromatic heterocycles. The van der Waals surface area contributed by atoms with Crippen LogP contribution in [0.4, 0.5) is 0 Å². The molecule has 0 heterocycles. The van der Waals surface area contributed by atoms with Crippen molar-refractivity contribution in [3.63, 3.8) is 0 Å². The summed E-state index contributed by atoms with van der Waals surface area (Å²) in [5, 5.41) is 22.7. The standard InChI is InChI=1S/C52H63N3O5/c1-4-10-33(30-56)25-39(57)19-17-35-28-46(60-40-14-7-8-15-40)50(58)47-41(35)22-23-45-49(55-51(53)54)44-27-38(31-59-3)42(47)20-16-32(2)11-9-24-52(45)29-37-13-6-5-12-34(37)26-36-18-21-43(44)48(36)52/h5-6,12-13,21,25,28,32,38,40,42,44-45,49,56,58H,4,7-8,10-11,14-20,26-27,29-31H2,1-3H3,(H4,53,54,55)/t32-,38+,42-,44+,45+,49+,52-/m0/s1. The predicted octanol–water partition coefficient (Wildman–Crippen LogP) is 8.16. The lowest BCUT2D eigenvalue weighted by atomic mass is 9.53. The second-order valence-electron chi connectivity index (χ2n) is 18.5. The number of rotatable bonds is 12. The minimum atomic E-state index is -0.685. The Labute approximate surface area is 357 Å². The number of phenolic OH excluding ortho intramolecular Hbond substituents is 1. The molecule has 10 rings (SSSR count). The van der Waals surface area contributed by atoms with E-state index in [4.69, 9.17) is 25.9 Å². The summed E-state index contributed by atoms with van der Waals surface area (Å²) in [6.07, 6.45) is 15.9. The molecule has 0 radical (unpaired) electrons. The van der Waals surface area contributed by atoms with Gasteiger partial charge in [-0.05, 0) is 140 Å². The number of fused-ring (bicyclic) bond motifs is 1. The van der Waals surface area contributed by atoms with Gasteiger partial charge in [0, 0.05) is 43.6 Å². The number of aliphatic hydroxyl groups excluding tert-OH is 1. The zero-order valence-electron chi connectivity index (χ0n) is 35.8. The number of allylic oxidation sites excluding steroid dienone is 4. The van der Waals surface area contributed by atoms with E-state index in [0.29, 0.717) is 37.5 Å². The summed E-state index contributed by atoms with van der Waals surface area (Å²) in [7, 11) is 1.77. The number of hydrogen-bond donors (Lipinski definition) is 4. The average Bonchev–Trinajstić information content (AvgIpc) is 3.88. The highest BCUT2D eigenvalue weighted by atomic mass is 16.5. The van der Waals surface area contributed by atoms with E-state index in [-0.39, 0.29) is 66.3 Å². The number of hydrogen-bond acceptors (Lipinski definition) is 6. The number of guanidine groups is 1. The first-order chi connectivity index (χ1) is 29.1. The molecule has 1 spiro atoms. The molecular formula is C52H63N3O5. The van der Waals surface area contributed by atoms with Gasteiger partial charge in [-0.15, -0.1) is 5.92 Å². The molecule has 8 aliphatic rings. The third-order valence-corrected chi connectivity index (χ3v) is 14.4. The summed E-state index contributed by atoms with van der Waals surface area (Å²) in [5.41, 5.74) is 22.0. The summed E-state index contributed by atoms with van der Waals surface area (Å²) >= 11 is 0. The van der Waals surface area contributed by atoms with Gasteiger partial charge in [0.05, 0.1) is 30.1 Å². The lowest BCUT2D eigenvalue weighted by molar-refractivity contribution is -0.114. The van der Waals surface area contributed by atoms with Crippen LogP contribution in [0.25, 0.3) is 0 Å². The van der Waals surface area contributed by atoms with E-state index in [1.54, 1.807) is 13.2 Å². The zero-order valence-corrected chi connectivity index (χ0v) is 35.8. The molecular weight excluding hydrogens is 747 g/mol. The second kappa shape index (κ2) is 18.1. The van der Waals surface area contributed by atoms with Gasteiger partial charge in [-0.1, -0.05) is 73.9 Å². The Morgan fingerprint density at radius 1 is 1.08 bits per heavy atom. The molecule has 2 aromatic rings. The molecule has 0 saturated heterocycles. The van der Waals surface area contributed by atoms with Gasteiger partial charge in [0.1, 0.15) is 0 Å². The molecule has 7 atom stereocenters. The Bertz CT molecular complexity index is 2230. The highest BCUT2D eigenvalue weighted by Crippen LogP contribution is 2.60. The van der Waals surface area contributed by atoms with Crippen molar-refractivity contribution in [1.82, 2.24) is 0 Å². The van der Waals surface area contributed by atoms with Crippen LogP contribution in [0.5, 0.6) is 11.5 Å². The number of carbonyl (C=O) groups is 1. The minimum Gasteiger partial charge on any atom is -0.504 e. The number of aliphatic imine (C=N–C) groups is 1. The summed E-state index contributed by atoms with van der Waals surface area (Å²) in [5.74, 6) is 15.7. The molecule has 0 amide bonds. The van der Waals surface area contributed by atoms with Crippen LogP contribution in [0.3, 0.4) is 0 Å². The van der Waals surface area contributed by atoms with Crippen LogP contribution in [0.15, 0.2) is 69.8 Å². The fraction of sp³-hybridized carbons (Fsp3) is 0.538. The van der Waals surface area contributed by atoms with Crippen molar-refractivity contribution in [2.24, 2.45) is 45.5 Å². The summed E-state index contributed by atoms with van der Waals surface area (Å²) in [6.45, 7) is 4.67. The molecule has 2 saturated carbocycles. The first-order valence-corrected chi connectivity index (χ1v) is 22.6. The summed E-state index contributed by atoms with van der Waals surface area (Å²) in [6, 6.07) is 10.4. The molecule has 8 heteroatoms. The van der Waals surface area contributed by atoms with Gasteiger partial charge in [-0.3, -0.25) is 4.79 Å². The highest BCUT2D eigenvalue weighted by Gasteiger charge is 2.57. The Hall–Kier alpha value is -4.76. The van der Waals surface area contributed by atoms with Crippen molar-refractivity contribution in [3.05, 3.63) is 92.6 Å². The van der Waals surface area contributed by atoms with Crippen molar-refractivity contribution in [3.8, 4) is 35.2 Å². The number of aryl methyl sites for hydroxylation is 1. The van der Waals surface area contributed by atoms with E-state index in [1.807, 2.05) is 13.0 Å². The van der Waals surface area contributed by atoms with E-state index in [9.17, 15) is 15.0 Å². The highest BCUT2D eigenvalue weighted by molar-refractivity contribution is 5.90. The largest absolute Gasteiger partial charge is 0.504 e. The molecule has 0 unspecified atom stereocenters. The first-order valence-electron chi connectivity index (χ1n) is 22.6. The Morgan fingerprint density at radius 2 is 1.88 bits per heavy atom. The monoisotopic (exact) mass is 809 g/mol. The number of phenols is 1. The van der Waals surface area contributed by atoms with Crippen LogP contribution in [0, 0.1) is 52.8 Å². The van der Waals surface area contributed by atoms with E-state index in [1.165, 1.54) is 27.8 Å². The third kappa shape index (κ3) is 8.18. The van der Waals surface area contributed by atoms with Crippen LogP contribution < -0.4 is 16.2 Å². The fourth-order valence-corrected chi connectivity index (χ4v) is 11.6. The summed E-state index contributed by atoms with van der Waals surface area (Å²) < 4.78 is 12.9. The van der Waals surface area contributed by atoms with Crippen molar-refractivity contribution >= 4 is 11.7 Å². The lowest BCUT2D eigenvalue weighted by Crippen LogP contribution is -2.50. The predicted molar refractivity (Wildman–Crippen MR) is 237 cm³/mol. The SMILES string of the molecule is CCCC(=CC(=O)CCc1cc(OC2CCCC2)c(O)c2c1C#C[C@@H]1[C@H](N=C(N)N)[C@@H]3C[C@H](COC)[C@@H]2CC[C@@H](C)CC#C[C@]12Cc1ccccc1CC1=C2C3=CC1)CO. The first kappa shape index (κ1) is 42.0. The fourth-order valence-electron chi connectivity index (χ4n) is 11.6. The van der Waals surface area contributed by atoms with Crippen LogP contribution in [-0.2, 0) is 28.8 Å². The van der Waals surface area contributed by atoms with Crippen molar-refractivity contribution in [2.75, 3.05) is 20.3 Å². The molecule has 60 heavy (non-hydrogen) atoms. The number of carbonyl (C=O) groups excluding carboxylic acids is 1. The number of methoxy groups -OCH3 is 1. The summed E-state index contributed by atoms with van der Waals surface area (Å²) in [4.78, 5) is 18.8. The molecule has 8 nitrogen and oxygen atoms in total. The number of aromatic hydroxyl groups is 1. The number of ketones is 1. The number of benzene rings is 2. The Morgan fingerprint density at radius 3 is 2.63 bits per heavy atom.